The van der Waals surface area contributed by atoms with Crippen LogP contribution in [0, 0.1) is 6.92 Å². The minimum atomic E-state index is 0.150. The van der Waals surface area contributed by atoms with Crippen molar-refractivity contribution < 1.29 is 4.79 Å². The first kappa shape index (κ1) is 18.2. The summed E-state index contributed by atoms with van der Waals surface area (Å²) in [6.07, 6.45) is 6.86. The summed E-state index contributed by atoms with van der Waals surface area (Å²) >= 11 is 0. The van der Waals surface area contributed by atoms with Crippen molar-refractivity contribution in [3.63, 3.8) is 0 Å². The molecule has 2 aromatic rings. The van der Waals surface area contributed by atoms with E-state index in [1.807, 2.05) is 36.9 Å². The van der Waals surface area contributed by atoms with Crippen LogP contribution in [0.1, 0.15) is 30.3 Å². The molecule has 1 atom stereocenters. The number of anilines is 2. The molecule has 1 saturated heterocycles. The predicted octanol–water partition coefficient (Wildman–Crippen LogP) is 1.59. The minimum absolute atomic E-state index is 0.150. The van der Waals surface area contributed by atoms with Crippen molar-refractivity contribution in [1.82, 2.24) is 29.7 Å². The van der Waals surface area contributed by atoms with Gasteiger partial charge in [0.05, 0.1) is 12.7 Å². The molecule has 1 N–H and O–H groups in total. The number of likely N-dealkylation sites (tertiary alicyclic amines) is 1. The lowest BCUT2D eigenvalue weighted by Crippen LogP contribution is -2.43. The van der Waals surface area contributed by atoms with Crippen molar-refractivity contribution in [1.29, 1.82) is 0 Å². The van der Waals surface area contributed by atoms with Gasteiger partial charge in [-0.15, -0.1) is 0 Å². The Bertz CT molecular complexity index is 750. The molecule has 3 rings (SSSR count). The third-order valence-electron chi connectivity index (χ3n) is 4.28. The van der Waals surface area contributed by atoms with Gasteiger partial charge in [0.1, 0.15) is 17.5 Å². The van der Waals surface area contributed by atoms with Gasteiger partial charge in [-0.1, -0.05) is 0 Å². The molecule has 138 valence electrons. The fraction of sp³-hybridized carbons (Fsp3) is 0.500. The van der Waals surface area contributed by atoms with E-state index in [0.717, 1.165) is 30.9 Å². The number of likely N-dealkylation sites (N-methyl/N-ethyl adjacent to an activating group) is 1. The average Bonchev–Trinajstić information content (AvgIpc) is 2.61. The first-order valence-electron chi connectivity index (χ1n) is 8.82. The Morgan fingerprint density at radius 1 is 1.31 bits per heavy atom. The maximum Gasteiger partial charge on any atom is 0.236 e. The summed E-state index contributed by atoms with van der Waals surface area (Å²) < 4.78 is 0. The molecule has 26 heavy (non-hydrogen) atoms. The molecule has 0 saturated carbocycles. The van der Waals surface area contributed by atoms with Crippen molar-refractivity contribution in [3.8, 4) is 0 Å². The van der Waals surface area contributed by atoms with Crippen LogP contribution < -0.4 is 5.32 Å². The fourth-order valence-corrected chi connectivity index (χ4v) is 3.12. The molecule has 8 nitrogen and oxygen atoms in total. The van der Waals surface area contributed by atoms with Gasteiger partial charge >= 0.3 is 0 Å². The second-order valence-electron chi connectivity index (χ2n) is 6.89. The van der Waals surface area contributed by atoms with E-state index < -0.39 is 0 Å². The Morgan fingerprint density at radius 3 is 2.88 bits per heavy atom. The van der Waals surface area contributed by atoms with E-state index in [-0.39, 0.29) is 11.8 Å². The molecule has 0 bridgehead atoms. The van der Waals surface area contributed by atoms with Crippen LogP contribution in [0.2, 0.25) is 0 Å². The topological polar surface area (TPSA) is 87.1 Å². The highest BCUT2D eigenvalue weighted by molar-refractivity contribution is 5.78. The molecule has 1 fully saturated rings. The van der Waals surface area contributed by atoms with Gasteiger partial charge in [-0.3, -0.25) is 9.78 Å². The number of hydrogen-bond acceptors (Lipinski definition) is 7. The zero-order chi connectivity index (χ0) is 18.5. The van der Waals surface area contributed by atoms with Crippen LogP contribution in [0.5, 0.6) is 0 Å². The van der Waals surface area contributed by atoms with E-state index >= 15 is 0 Å². The highest BCUT2D eigenvalue weighted by Gasteiger charge is 2.27. The molecule has 1 amide bonds. The van der Waals surface area contributed by atoms with Crippen molar-refractivity contribution >= 4 is 17.5 Å². The van der Waals surface area contributed by atoms with E-state index in [9.17, 15) is 4.79 Å². The van der Waals surface area contributed by atoms with E-state index in [1.54, 1.807) is 18.6 Å². The number of carbonyl (C=O) groups excluding carboxylic acids is 1. The Morgan fingerprint density at radius 2 is 2.15 bits per heavy atom. The van der Waals surface area contributed by atoms with Gasteiger partial charge in [-0.25, -0.2) is 15.0 Å². The molecular formula is C18H25N7O. The summed E-state index contributed by atoms with van der Waals surface area (Å²) in [5, 5.41) is 3.17. The third kappa shape index (κ3) is 4.72. The highest BCUT2D eigenvalue weighted by Crippen LogP contribution is 2.26. The lowest BCUT2D eigenvalue weighted by molar-refractivity contribution is -0.133. The summed E-state index contributed by atoms with van der Waals surface area (Å²) in [6.45, 7) is 3.85. The normalized spacial score (nSPS) is 17.4. The number of piperidine rings is 1. The largest absolute Gasteiger partial charge is 0.341 e. The maximum atomic E-state index is 12.4. The fourth-order valence-electron chi connectivity index (χ4n) is 3.12. The smallest absolute Gasteiger partial charge is 0.236 e. The van der Waals surface area contributed by atoms with Crippen LogP contribution in [0.25, 0.3) is 0 Å². The van der Waals surface area contributed by atoms with Gasteiger partial charge in [-0.2, -0.15) is 0 Å². The second-order valence-corrected chi connectivity index (χ2v) is 6.89. The number of rotatable bonds is 5. The molecule has 0 aliphatic carbocycles. The molecule has 1 aliphatic heterocycles. The van der Waals surface area contributed by atoms with Crippen LogP contribution >= 0.6 is 0 Å². The number of aromatic nitrogens is 4. The number of amides is 1. The van der Waals surface area contributed by atoms with Gasteiger partial charge in [0.2, 0.25) is 5.91 Å². The molecule has 0 radical (unpaired) electrons. The molecule has 2 aromatic heterocycles. The highest BCUT2D eigenvalue weighted by atomic mass is 16.2. The first-order chi connectivity index (χ1) is 12.5. The molecule has 0 unspecified atom stereocenters. The number of carbonyl (C=O) groups is 1. The van der Waals surface area contributed by atoms with E-state index in [2.05, 4.69) is 25.3 Å². The Balaban J connectivity index is 1.74. The summed E-state index contributed by atoms with van der Waals surface area (Å²) in [4.78, 5) is 33.8. The molecule has 8 heteroatoms. The predicted molar refractivity (Wildman–Crippen MR) is 99.2 cm³/mol. The lowest BCUT2D eigenvalue weighted by Gasteiger charge is -2.33. The SMILES string of the molecule is Cc1cc(Nc2cnccn2)nc([C@H]2CCCN(C(=O)CN(C)C)C2)n1. The standard InChI is InChI=1S/C18H25N7O/c1-13-9-15(22-16-10-19-6-7-20-16)23-18(21-13)14-5-4-8-25(11-14)17(26)12-24(2)3/h6-7,9-10,14H,4-5,8,11-12H2,1-3H3,(H,20,21,22,23)/t14-/m0/s1. The molecule has 0 aromatic carbocycles. The van der Waals surface area contributed by atoms with Crippen molar-refractivity contribution in [2.75, 3.05) is 39.0 Å². The number of aryl methyl sites for hydroxylation is 1. The Kier molecular flexibility index (Phi) is 5.72. The van der Waals surface area contributed by atoms with Crippen LogP contribution in [0.4, 0.5) is 11.6 Å². The lowest BCUT2D eigenvalue weighted by atomic mass is 9.97. The molecular weight excluding hydrogens is 330 g/mol. The van der Waals surface area contributed by atoms with Crippen molar-refractivity contribution in [2.45, 2.75) is 25.7 Å². The summed E-state index contributed by atoms with van der Waals surface area (Å²) in [5.41, 5.74) is 0.887. The quantitative estimate of drug-likeness (QED) is 0.871. The number of nitrogens with one attached hydrogen (secondary N) is 1. The van der Waals surface area contributed by atoms with Crippen LogP contribution in [-0.4, -0.2) is 69.4 Å². The minimum Gasteiger partial charge on any atom is -0.341 e. The van der Waals surface area contributed by atoms with E-state index in [1.165, 1.54) is 0 Å². The summed E-state index contributed by atoms with van der Waals surface area (Å²) in [7, 11) is 3.82. The molecule has 3 heterocycles. The van der Waals surface area contributed by atoms with Crippen LogP contribution in [-0.2, 0) is 4.79 Å². The van der Waals surface area contributed by atoms with E-state index in [4.69, 9.17) is 0 Å². The summed E-state index contributed by atoms with van der Waals surface area (Å²) in [5.74, 6) is 2.42. The Hall–Kier alpha value is -2.61. The van der Waals surface area contributed by atoms with Crippen LogP contribution in [0.15, 0.2) is 24.7 Å². The van der Waals surface area contributed by atoms with Gasteiger partial charge in [0.25, 0.3) is 0 Å². The Labute approximate surface area is 153 Å². The van der Waals surface area contributed by atoms with Crippen LogP contribution in [0.3, 0.4) is 0 Å². The maximum absolute atomic E-state index is 12.4. The van der Waals surface area contributed by atoms with Gasteiger partial charge < -0.3 is 15.1 Å². The van der Waals surface area contributed by atoms with Gasteiger partial charge in [0.15, 0.2) is 0 Å². The molecule has 1 aliphatic rings. The zero-order valence-corrected chi connectivity index (χ0v) is 15.5. The van der Waals surface area contributed by atoms with Gasteiger partial charge in [0, 0.05) is 43.2 Å². The van der Waals surface area contributed by atoms with Crippen molar-refractivity contribution in [3.05, 3.63) is 36.2 Å². The third-order valence-corrected chi connectivity index (χ3v) is 4.28. The number of hydrogen-bond donors (Lipinski definition) is 1. The summed E-state index contributed by atoms with van der Waals surface area (Å²) in [6, 6.07) is 1.88. The number of nitrogens with zero attached hydrogens (tertiary/aromatic N) is 6. The van der Waals surface area contributed by atoms with Gasteiger partial charge in [-0.05, 0) is 33.9 Å². The first-order valence-corrected chi connectivity index (χ1v) is 8.82. The average molecular weight is 355 g/mol. The molecule has 0 spiro atoms. The zero-order valence-electron chi connectivity index (χ0n) is 15.5. The van der Waals surface area contributed by atoms with E-state index in [0.29, 0.717) is 24.7 Å². The van der Waals surface area contributed by atoms with Crippen molar-refractivity contribution in [2.24, 2.45) is 0 Å². The second kappa shape index (κ2) is 8.18. The monoisotopic (exact) mass is 355 g/mol.